The van der Waals surface area contributed by atoms with Gasteiger partial charge < -0.3 is 5.11 Å². The number of nitrogens with zero attached hydrogens (tertiary/aromatic N) is 3. The molecule has 0 atom stereocenters. The summed E-state index contributed by atoms with van der Waals surface area (Å²) in [7, 11) is 0. The van der Waals surface area contributed by atoms with Gasteiger partial charge in [-0.3, -0.25) is 4.98 Å². The van der Waals surface area contributed by atoms with Crippen LogP contribution in [0.4, 0.5) is 8.78 Å². The smallest absolute Gasteiger partial charge is 0.354 e. The highest BCUT2D eigenvalue weighted by molar-refractivity contribution is 5.85. The fourth-order valence-corrected chi connectivity index (χ4v) is 2.96. The van der Waals surface area contributed by atoms with Crippen molar-refractivity contribution in [2.45, 2.75) is 33.1 Å². The predicted octanol–water partition coefficient (Wildman–Crippen LogP) is 4.46. The number of aromatic carboxylic acids is 1. The number of rotatable bonds is 4. The first-order valence-corrected chi connectivity index (χ1v) is 8.62. The Morgan fingerprint density at radius 2 is 1.54 bits per heavy atom. The number of pyridine rings is 3. The lowest BCUT2D eigenvalue weighted by molar-refractivity contribution is 0.0690. The molecule has 3 aromatic heterocycles. The Labute approximate surface area is 161 Å². The minimum Gasteiger partial charge on any atom is -0.477 e. The summed E-state index contributed by atoms with van der Waals surface area (Å²) < 4.78 is 27.3. The standard InChI is InChI=1S/C21H19F2N3O2/c1-11-7-14(13-5-6-18(22)26-19(13)23)24-16(9-11)21(3,4)17-10-12(2)8-15(25-17)20(27)28/h5-10H,1-4H3,(H,27,28). The molecule has 0 spiro atoms. The number of hydrogen-bond donors (Lipinski definition) is 1. The molecule has 0 aliphatic carbocycles. The Bertz CT molecular complexity index is 1080. The molecule has 0 radical (unpaired) electrons. The van der Waals surface area contributed by atoms with Gasteiger partial charge >= 0.3 is 5.97 Å². The molecule has 0 aromatic carbocycles. The zero-order chi connectivity index (χ0) is 20.6. The normalized spacial score (nSPS) is 11.5. The van der Waals surface area contributed by atoms with Crippen LogP contribution >= 0.6 is 0 Å². The highest BCUT2D eigenvalue weighted by Gasteiger charge is 2.29. The molecule has 7 heteroatoms. The number of hydrogen-bond acceptors (Lipinski definition) is 4. The van der Waals surface area contributed by atoms with Gasteiger partial charge in [-0.1, -0.05) is 0 Å². The molecular formula is C21H19F2N3O2. The van der Waals surface area contributed by atoms with Gasteiger partial charge in [-0.2, -0.15) is 13.8 Å². The maximum absolute atomic E-state index is 14.1. The van der Waals surface area contributed by atoms with Crippen molar-refractivity contribution in [2.24, 2.45) is 0 Å². The van der Waals surface area contributed by atoms with Crippen LogP contribution in [0.2, 0.25) is 0 Å². The lowest BCUT2D eigenvalue weighted by Gasteiger charge is -2.25. The van der Waals surface area contributed by atoms with E-state index in [1.165, 1.54) is 12.1 Å². The van der Waals surface area contributed by atoms with E-state index in [0.717, 1.165) is 17.2 Å². The summed E-state index contributed by atoms with van der Waals surface area (Å²) >= 11 is 0. The molecule has 0 bridgehead atoms. The Kier molecular flexibility index (Phi) is 4.93. The maximum Gasteiger partial charge on any atom is 0.354 e. The van der Waals surface area contributed by atoms with Crippen LogP contribution in [0.3, 0.4) is 0 Å². The zero-order valence-corrected chi connectivity index (χ0v) is 15.9. The second-order valence-corrected chi connectivity index (χ2v) is 7.23. The van der Waals surface area contributed by atoms with E-state index in [0.29, 0.717) is 17.1 Å². The lowest BCUT2D eigenvalue weighted by Crippen LogP contribution is -2.24. The first-order valence-electron chi connectivity index (χ1n) is 8.62. The van der Waals surface area contributed by atoms with Gasteiger partial charge in [0.05, 0.1) is 22.6 Å². The molecule has 5 nitrogen and oxygen atoms in total. The van der Waals surface area contributed by atoms with Crippen LogP contribution in [0, 0.1) is 25.7 Å². The number of aromatic nitrogens is 3. The van der Waals surface area contributed by atoms with Crippen molar-refractivity contribution in [1.82, 2.24) is 15.0 Å². The van der Waals surface area contributed by atoms with Crippen LogP contribution in [0.1, 0.15) is 46.9 Å². The van der Waals surface area contributed by atoms with E-state index in [-0.39, 0.29) is 11.3 Å². The zero-order valence-electron chi connectivity index (χ0n) is 15.9. The monoisotopic (exact) mass is 383 g/mol. The summed E-state index contributed by atoms with van der Waals surface area (Å²) in [5.74, 6) is -2.96. The molecule has 144 valence electrons. The molecule has 0 fully saturated rings. The topological polar surface area (TPSA) is 76.0 Å². The van der Waals surface area contributed by atoms with E-state index in [1.54, 1.807) is 19.1 Å². The Hall–Kier alpha value is -3.22. The summed E-state index contributed by atoms with van der Waals surface area (Å²) in [5.41, 5.74) is 2.31. The maximum atomic E-state index is 14.1. The Balaban J connectivity index is 2.15. The summed E-state index contributed by atoms with van der Waals surface area (Å²) in [5, 5.41) is 9.30. The van der Waals surface area contributed by atoms with Crippen molar-refractivity contribution in [1.29, 1.82) is 0 Å². The summed E-state index contributed by atoms with van der Waals surface area (Å²) in [6.07, 6.45) is 0. The first kappa shape index (κ1) is 19.5. The third kappa shape index (κ3) is 3.74. The number of carboxylic acids is 1. The molecule has 0 saturated heterocycles. The quantitative estimate of drug-likeness (QED) is 0.673. The summed E-state index contributed by atoms with van der Waals surface area (Å²) in [6.45, 7) is 7.37. The molecule has 3 rings (SSSR count). The molecule has 0 aliphatic heterocycles. The SMILES string of the molecule is Cc1cc(C(=O)O)nc(C(C)(C)c2cc(C)cc(-c3ccc(F)nc3F)n2)c1. The molecule has 28 heavy (non-hydrogen) atoms. The largest absolute Gasteiger partial charge is 0.477 e. The Morgan fingerprint density at radius 1 is 0.929 bits per heavy atom. The third-order valence-corrected chi connectivity index (χ3v) is 4.53. The van der Waals surface area contributed by atoms with Crippen LogP contribution in [-0.2, 0) is 5.41 Å². The van der Waals surface area contributed by atoms with E-state index >= 15 is 0 Å². The average Bonchev–Trinajstić information content (AvgIpc) is 2.60. The highest BCUT2D eigenvalue weighted by Crippen LogP contribution is 2.32. The van der Waals surface area contributed by atoms with Crippen molar-refractivity contribution in [3.05, 3.63) is 76.5 Å². The van der Waals surface area contributed by atoms with Gasteiger partial charge in [0.1, 0.15) is 5.69 Å². The van der Waals surface area contributed by atoms with Crippen LogP contribution in [-0.4, -0.2) is 26.0 Å². The second-order valence-electron chi connectivity index (χ2n) is 7.23. The van der Waals surface area contributed by atoms with E-state index in [1.807, 2.05) is 26.8 Å². The van der Waals surface area contributed by atoms with Crippen molar-refractivity contribution >= 4 is 5.97 Å². The predicted molar refractivity (Wildman–Crippen MR) is 100 cm³/mol. The van der Waals surface area contributed by atoms with Gasteiger partial charge in [0.2, 0.25) is 11.9 Å². The van der Waals surface area contributed by atoms with E-state index < -0.39 is 23.3 Å². The number of carboxylic acid groups (broad SMARTS) is 1. The Morgan fingerprint density at radius 3 is 2.14 bits per heavy atom. The second kappa shape index (κ2) is 7.07. The molecule has 0 amide bonds. The van der Waals surface area contributed by atoms with Crippen molar-refractivity contribution in [3.8, 4) is 11.3 Å². The minimum absolute atomic E-state index is 0.0512. The van der Waals surface area contributed by atoms with Gasteiger partial charge in [0.25, 0.3) is 0 Å². The van der Waals surface area contributed by atoms with Crippen molar-refractivity contribution in [3.63, 3.8) is 0 Å². The van der Waals surface area contributed by atoms with E-state index in [9.17, 15) is 18.7 Å². The first-order chi connectivity index (χ1) is 13.1. The van der Waals surface area contributed by atoms with E-state index in [2.05, 4.69) is 15.0 Å². The van der Waals surface area contributed by atoms with Gasteiger partial charge in [-0.25, -0.2) is 9.78 Å². The summed E-state index contributed by atoms with van der Waals surface area (Å²) in [4.78, 5) is 23.4. The highest BCUT2D eigenvalue weighted by atomic mass is 19.1. The van der Waals surface area contributed by atoms with Crippen LogP contribution < -0.4 is 0 Å². The number of carbonyl (C=O) groups is 1. The van der Waals surface area contributed by atoms with Crippen LogP contribution in [0.15, 0.2) is 36.4 Å². The van der Waals surface area contributed by atoms with Crippen molar-refractivity contribution in [2.75, 3.05) is 0 Å². The van der Waals surface area contributed by atoms with Gasteiger partial charge in [-0.05, 0) is 75.2 Å². The fraction of sp³-hybridized carbons (Fsp3) is 0.238. The molecule has 0 unspecified atom stereocenters. The van der Waals surface area contributed by atoms with Crippen LogP contribution in [0.25, 0.3) is 11.3 Å². The third-order valence-electron chi connectivity index (χ3n) is 4.53. The number of halogens is 2. The van der Waals surface area contributed by atoms with Crippen molar-refractivity contribution < 1.29 is 18.7 Å². The average molecular weight is 383 g/mol. The molecular weight excluding hydrogens is 364 g/mol. The minimum atomic E-state index is -1.11. The molecule has 0 aliphatic rings. The molecule has 0 saturated carbocycles. The summed E-state index contributed by atoms with van der Waals surface area (Å²) in [6, 6.07) is 9.19. The lowest BCUT2D eigenvalue weighted by atomic mass is 9.83. The van der Waals surface area contributed by atoms with Gasteiger partial charge in [-0.15, -0.1) is 0 Å². The van der Waals surface area contributed by atoms with Gasteiger partial charge in [0.15, 0.2) is 0 Å². The molecule has 3 aromatic rings. The van der Waals surface area contributed by atoms with E-state index in [4.69, 9.17) is 0 Å². The molecule has 1 N–H and O–H groups in total. The van der Waals surface area contributed by atoms with Gasteiger partial charge in [0, 0.05) is 5.41 Å². The molecule has 3 heterocycles. The fourth-order valence-electron chi connectivity index (χ4n) is 2.96. The number of aryl methyl sites for hydroxylation is 2. The van der Waals surface area contributed by atoms with Crippen LogP contribution in [0.5, 0.6) is 0 Å².